The summed E-state index contributed by atoms with van der Waals surface area (Å²) in [6, 6.07) is 16.7. The zero-order valence-electron chi connectivity index (χ0n) is 15.5. The van der Waals surface area contributed by atoms with E-state index in [-0.39, 0.29) is 11.9 Å². The van der Waals surface area contributed by atoms with Gasteiger partial charge in [0.2, 0.25) is 5.91 Å². The Morgan fingerprint density at radius 3 is 2.74 bits per heavy atom. The minimum Gasteiger partial charge on any atom is -0.367 e. The number of anilines is 2. The van der Waals surface area contributed by atoms with E-state index in [4.69, 9.17) is 0 Å². The third kappa shape index (κ3) is 2.49. The average Bonchev–Trinajstić information content (AvgIpc) is 2.85. The highest BCUT2D eigenvalue weighted by atomic mass is 16.2. The Morgan fingerprint density at radius 2 is 1.89 bits per heavy atom. The van der Waals surface area contributed by atoms with Gasteiger partial charge in [0.25, 0.3) is 0 Å². The first-order chi connectivity index (χ1) is 13.0. The molecule has 5 nitrogen and oxygen atoms in total. The van der Waals surface area contributed by atoms with Crippen LogP contribution < -0.4 is 10.2 Å². The fourth-order valence-electron chi connectivity index (χ4n) is 4.20. The van der Waals surface area contributed by atoms with E-state index in [0.29, 0.717) is 6.04 Å². The van der Waals surface area contributed by atoms with Crippen LogP contribution in [-0.4, -0.2) is 28.0 Å². The van der Waals surface area contributed by atoms with Crippen LogP contribution >= 0.6 is 0 Å². The van der Waals surface area contributed by atoms with Crippen molar-refractivity contribution in [1.29, 1.82) is 0 Å². The lowest BCUT2D eigenvalue weighted by molar-refractivity contribution is -0.122. The predicted octanol–water partition coefficient (Wildman–Crippen LogP) is 3.90. The van der Waals surface area contributed by atoms with Crippen molar-refractivity contribution in [2.75, 3.05) is 10.2 Å². The minimum absolute atomic E-state index is 0.156. The maximum absolute atomic E-state index is 13.0. The number of benzene rings is 1. The number of carbonyl (C=O) groups excluding carboxylic acids is 1. The smallest absolute Gasteiger partial charge is 0.238 e. The van der Waals surface area contributed by atoms with Gasteiger partial charge in [-0.15, -0.1) is 0 Å². The molecule has 3 heterocycles. The molecule has 1 N–H and O–H groups in total. The van der Waals surface area contributed by atoms with Crippen molar-refractivity contribution in [3.63, 3.8) is 0 Å². The summed E-state index contributed by atoms with van der Waals surface area (Å²) in [5.41, 5.74) is 1.53. The Bertz CT molecular complexity index is 1040. The maximum atomic E-state index is 13.0. The number of hydrogen-bond acceptors (Lipinski definition) is 4. The lowest BCUT2D eigenvalue weighted by Gasteiger charge is -2.41. The van der Waals surface area contributed by atoms with Crippen LogP contribution in [0.4, 0.5) is 11.6 Å². The number of aromatic nitrogens is 2. The molecule has 0 radical (unpaired) electrons. The van der Waals surface area contributed by atoms with E-state index >= 15 is 0 Å². The van der Waals surface area contributed by atoms with Gasteiger partial charge in [0.1, 0.15) is 11.6 Å². The SMILES string of the molecule is CC1(C)C(=O)N([C@H]2C[C@H](Nc3ccc4ccccc4n3)C2)c2ncccc21. The Balaban J connectivity index is 1.31. The highest BCUT2D eigenvalue weighted by molar-refractivity contribution is 6.07. The monoisotopic (exact) mass is 358 g/mol. The van der Waals surface area contributed by atoms with Crippen LogP contribution in [0.2, 0.25) is 0 Å². The lowest BCUT2D eigenvalue weighted by Crippen LogP contribution is -2.53. The molecule has 5 heteroatoms. The van der Waals surface area contributed by atoms with Crippen LogP contribution in [0.5, 0.6) is 0 Å². The zero-order chi connectivity index (χ0) is 18.6. The van der Waals surface area contributed by atoms with Gasteiger partial charge in [-0.05, 0) is 51.0 Å². The molecule has 0 bridgehead atoms. The molecule has 1 amide bonds. The van der Waals surface area contributed by atoms with E-state index in [1.165, 1.54) is 0 Å². The van der Waals surface area contributed by atoms with E-state index in [9.17, 15) is 4.79 Å². The van der Waals surface area contributed by atoms with Gasteiger partial charge in [0.05, 0.1) is 10.9 Å². The van der Waals surface area contributed by atoms with Crippen LogP contribution in [0.1, 0.15) is 32.3 Å². The van der Waals surface area contributed by atoms with E-state index < -0.39 is 5.41 Å². The largest absolute Gasteiger partial charge is 0.367 e. The number of rotatable bonds is 3. The van der Waals surface area contributed by atoms with Crippen LogP contribution in [0.15, 0.2) is 54.7 Å². The normalized spacial score (nSPS) is 23.2. The molecule has 0 saturated heterocycles. The third-order valence-corrected chi connectivity index (χ3v) is 5.87. The fourth-order valence-corrected chi connectivity index (χ4v) is 4.20. The van der Waals surface area contributed by atoms with Crippen molar-refractivity contribution in [3.8, 4) is 0 Å². The number of carbonyl (C=O) groups is 1. The third-order valence-electron chi connectivity index (χ3n) is 5.87. The van der Waals surface area contributed by atoms with Gasteiger partial charge in [-0.3, -0.25) is 9.69 Å². The molecular formula is C22H22N4O. The van der Waals surface area contributed by atoms with E-state index in [0.717, 1.165) is 40.9 Å². The summed E-state index contributed by atoms with van der Waals surface area (Å²) in [4.78, 5) is 24.1. The number of nitrogens with one attached hydrogen (secondary N) is 1. The molecule has 1 aliphatic carbocycles. The molecule has 136 valence electrons. The van der Waals surface area contributed by atoms with E-state index in [2.05, 4.69) is 27.4 Å². The standard InChI is InChI=1S/C22H22N4O/c1-22(2)17-7-5-11-23-20(17)26(21(22)27)16-12-15(13-16)24-19-10-9-14-6-3-4-8-18(14)25-19/h3-11,15-16H,12-13H2,1-2H3,(H,24,25)/t15-,16-. The van der Waals surface area contributed by atoms with E-state index in [1.54, 1.807) is 6.20 Å². The Hall–Kier alpha value is -2.95. The summed E-state index contributed by atoms with van der Waals surface area (Å²) in [7, 11) is 0. The van der Waals surface area contributed by atoms with Gasteiger partial charge in [-0.1, -0.05) is 24.3 Å². The van der Waals surface area contributed by atoms with Crippen LogP contribution in [0.3, 0.4) is 0 Å². The molecule has 1 aliphatic heterocycles. The summed E-state index contributed by atoms with van der Waals surface area (Å²) >= 11 is 0. The molecule has 1 saturated carbocycles. The van der Waals surface area contributed by atoms with E-state index in [1.807, 2.05) is 55.1 Å². The Kier molecular flexibility index (Phi) is 3.47. The quantitative estimate of drug-likeness (QED) is 0.771. The molecule has 5 rings (SSSR count). The van der Waals surface area contributed by atoms with Gasteiger partial charge in [-0.25, -0.2) is 9.97 Å². The number of pyridine rings is 2. The van der Waals surface area contributed by atoms with Crippen molar-refractivity contribution in [2.24, 2.45) is 0 Å². The fraction of sp³-hybridized carbons (Fsp3) is 0.318. The highest BCUT2D eigenvalue weighted by Crippen LogP contribution is 2.44. The van der Waals surface area contributed by atoms with Crippen molar-refractivity contribution < 1.29 is 4.79 Å². The summed E-state index contributed by atoms with van der Waals surface area (Å²) in [6.45, 7) is 3.98. The molecule has 2 aliphatic rings. The van der Waals surface area contributed by atoms with Gasteiger partial charge < -0.3 is 5.32 Å². The summed E-state index contributed by atoms with van der Waals surface area (Å²) < 4.78 is 0. The minimum atomic E-state index is -0.498. The van der Waals surface area contributed by atoms with Crippen molar-refractivity contribution in [2.45, 2.75) is 44.2 Å². The molecule has 27 heavy (non-hydrogen) atoms. The number of amides is 1. The summed E-state index contributed by atoms with van der Waals surface area (Å²) in [5.74, 6) is 1.88. The van der Waals surface area contributed by atoms with Crippen molar-refractivity contribution in [1.82, 2.24) is 9.97 Å². The number of hydrogen-bond donors (Lipinski definition) is 1. The van der Waals surface area contributed by atoms with Crippen molar-refractivity contribution >= 4 is 28.4 Å². The van der Waals surface area contributed by atoms with Crippen LogP contribution in [-0.2, 0) is 10.2 Å². The highest BCUT2D eigenvalue weighted by Gasteiger charge is 2.50. The van der Waals surface area contributed by atoms with Crippen LogP contribution in [0, 0.1) is 0 Å². The number of fused-ring (bicyclic) bond motifs is 2. The first-order valence-corrected chi connectivity index (χ1v) is 9.45. The van der Waals surface area contributed by atoms with Gasteiger partial charge in [-0.2, -0.15) is 0 Å². The first-order valence-electron chi connectivity index (χ1n) is 9.45. The molecule has 2 aromatic heterocycles. The zero-order valence-corrected chi connectivity index (χ0v) is 15.5. The molecule has 0 atom stereocenters. The second-order valence-electron chi connectivity index (χ2n) is 8.03. The molecule has 1 aromatic carbocycles. The molecule has 1 fully saturated rings. The Morgan fingerprint density at radius 1 is 1.07 bits per heavy atom. The number of nitrogens with zero attached hydrogens (tertiary/aromatic N) is 3. The first kappa shape index (κ1) is 16.2. The predicted molar refractivity (Wildman–Crippen MR) is 107 cm³/mol. The summed E-state index contributed by atoms with van der Waals surface area (Å²) in [6.07, 6.45) is 3.59. The number of para-hydroxylation sites is 1. The van der Waals surface area contributed by atoms with Gasteiger partial charge in [0.15, 0.2) is 0 Å². The molecule has 0 spiro atoms. The summed E-state index contributed by atoms with van der Waals surface area (Å²) in [5, 5.41) is 4.65. The van der Waals surface area contributed by atoms with Crippen molar-refractivity contribution in [3.05, 3.63) is 60.3 Å². The molecule has 3 aromatic rings. The van der Waals surface area contributed by atoms with Gasteiger partial charge in [0, 0.05) is 29.2 Å². The molecular weight excluding hydrogens is 336 g/mol. The second-order valence-corrected chi connectivity index (χ2v) is 8.03. The van der Waals surface area contributed by atoms with Crippen LogP contribution in [0.25, 0.3) is 10.9 Å². The lowest BCUT2D eigenvalue weighted by atomic mass is 9.84. The second kappa shape index (κ2) is 5.78. The molecule has 0 unspecified atom stereocenters. The Labute approximate surface area is 158 Å². The van der Waals surface area contributed by atoms with Gasteiger partial charge >= 0.3 is 0 Å². The average molecular weight is 358 g/mol. The maximum Gasteiger partial charge on any atom is 0.238 e. The topological polar surface area (TPSA) is 58.1 Å².